The van der Waals surface area contributed by atoms with Crippen LogP contribution in [0.2, 0.25) is 8.67 Å². The molecule has 1 amide bonds. The average Bonchev–Trinajstić information content (AvgIpc) is 3.21. The lowest BCUT2D eigenvalue weighted by Crippen LogP contribution is -2.51. The maximum absolute atomic E-state index is 12.6. The first kappa shape index (κ1) is 17.4. The molecule has 0 atom stereocenters. The Bertz CT molecular complexity index is 695. The van der Waals surface area contributed by atoms with E-state index >= 15 is 0 Å². The molecule has 1 saturated carbocycles. The maximum Gasteiger partial charge on any atom is 0.245 e. The Kier molecular flexibility index (Phi) is 5.20. The van der Waals surface area contributed by atoms with Gasteiger partial charge in [0.15, 0.2) is 0 Å². The van der Waals surface area contributed by atoms with Gasteiger partial charge in [0, 0.05) is 32.2 Å². The van der Waals surface area contributed by atoms with Crippen LogP contribution in [0, 0.1) is 0 Å². The second kappa shape index (κ2) is 6.85. The Morgan fingerprint density at radius 2 is 1.91 bits per heavy atom. The molecule has 10 heteroatoms. The number of thiophene rings is 1. The lowest BCUT2D eigenvalue weighted by molar-refractivity contribution is -0.122. The van der Waals surface area contributed by atoms with Gasteiger partial charge in [-0.05, 0) is 18.9 Å². The third-order valence-electron chi connectivity index (χ3n) is 3.88. The van der Waals surface area contributed by atoms with Gasteiger partial charge in [0.1, 0.15) is 9.23 Å². The number of nitrogens with zero attached hydrogens (tertiary/aromatic N) is 2. The number of halogens is 2. The van der Waals surface area contributed by atoms with Gasteiger partial charge in [0.25, 0.3) is 0 Å². The Morgan fingerprint density at radius 3 is 2.43 bits per heavy atom. The molecule has 2 fully saturated rings. The first-order valence-electron chi connectivity index (χ1n) is 7.33. The lowest BCUT2D eigenvalue weighted by atomic mass is 10.3. The molecular weight excluding hydrogens is 381 g/mol. The number of carbonyl (C=O) groups is 1. The summed E-state index contributed by atoms with van der Waals surface area (Å²) < 4.78 is 27.1. The molecule has 0 unspecified atom stereocenters. The molecule has 2 aliphatic rings. The van der Waals surface area contributed by atoms with Crippen LogP contribution in [0.15, 0.2) is 11.0 Å². The van der Waals surface area contributed by atoms with Gasteiger partial charge in [0.05, 0.1) is 10.9 Å². The number of nitrogens with one attached hydrogen (secondary N) is 1. The van der Waals surface area contributed by atoms with E-state index in [2.05, 4.69) is 5.32 Å². The maximum atomic E-state index is 12.6. The number of piperazine rings is 1. The zero-order valence-electron chi connectivity index (χ0n) is 12.3. The van der Waals surface area contributed by atoms with Crippen LogP contribution in [0.25, 0.3) is 0 Å². The van der Waals surface area contributed by atoms with Gasteiger partial charge in [-0.3, -0.25) is 9.69 Å². The van der Waals surface area contributed by atoms with E-state index in [0.29, 0.717) is 43.1 Å². The van der Waals surface area contributed by atoms with Gasteiger partial charge in [-0.25, -0.2) is 8.42 Å². The van der Waals surface area contributed by atoms with Crippen LogP contribution in [0.5, 0.6) is 0 Å². The predicted molar refractivity (Wildman–Crippen MR) is 90.7 cm³/mol. The molecule has 1 N–H and O–H groups in total. The van der Waals surface area contributed by atoms with Crippen molar-refractivity contribution >= 4 is 50.5 Å². The highest BCUT2D eigenvalue weighted by molar-refractivity contribution is 7.89. The standard InChI is InChI=1S/C13H17Cl2N3O3S2/c14-11-7-10(13(15)22-11)23(20,21)18-5-3-17(4-6-18)8-12(19)16-9-1-2-9/h7,9H,1-6,8H2,(H,16,19). The molecule has 128 valence electrons. The topological polar surface area (TPSA) is 69.7 Å². The normalized spacial score (nSPS) is 20.6. The van der Waals surface area contributed by atoms with Gasteiger partial charge in [-0.1, -0.05) is 23.2 Å². The summed E-state index contributed by atoms with van der Waals surface area (Å²) in [5, 5.41) is 2.94. The van der Waals surface area contributed by atoms with Crippen LogP contribution in [-0.4, -0.2) is 62.3 Å². The van der Waals surface area contributed by atoms with Crippen LogP contribution in [0.3, 0.4) is 0 Å². The SMILES string of the molecule is O=C(CN1CCN(S(=O)(=O)c2cc(Cl)sc2Cl)CC1)NC1CC1. The van der Waals surface area contributed by atoms with Crippen molar-refractivity contribution in [2.75, 3.05) is 32.7 Å². The van der Waals surface area contributed by atoms with Crippen molar-refractivity contribution < 1.29 is 13.2 Å². The van der Waals surface area contributed by atoms with E-state index in [1.807, 2.05) is 4.90 Å². The number of rotatable bonds is 5. The third kappa shape index (κ3) is 4.18. The number of hydrogen-bond donors (Lipinski definition) is 1. The first-order chi connectivity index (χ1) is 10.9. The van der Waals surface area contributed by atoms with E-state index in [4.69, 9.17) is 23.2 Å². The monoisotopic (exact) mass is 397 g/mol. The molecule has 23 heavy (non-hydrogen) atoms. The highest BCUT2D eigenvalue weighted by Gasteiger charge is 2.32. The quantitative estimate of drug-likeness (QED) is 0.819. The second-order valence-corrected chi connectivity index (χ2v) is 9.90. The largest absolute Gasteiger partial charge is 0.352 e. The molecule has 0 aromatic carbocycles. The first-order valence-corrected chi connectivity index (χ1v) is 10.3. The summed E-state index contributed by atoms with van der Waals surface area (Å²) >= 11 is 12.8. The zero-order valence-corrected chi connectivity index (χ0v) is 15.4. The molecule has 1 aromatic heterocycles. The van der Waals surface area contributed by atoms with Crippen molar-refractivity contribution in [3.05, 3.63) is 14.7 Å². The number of carbonyl (C=O) groups excluding carboxylic acids is 1. The van der Waals surface area contributed by atoms with Crippen molar-refractivity contribution in [3.8, 4) is 0 Å². The van der Waals surface area contributed by atoms with E-state index < -0.39 is 10.0 Å². The highest BCUT2D eigenvalue weighted by Crippen LogP contribution is 2.36. The minimum atomic E-state index is -3.63. The van der Waals surface area contributed by atoms with E-state index in [1.165, 1.54) is 10.4 Å². The minimum Gasteiger partial charge on any atom is -0.352 e. The number of sulfonamides is 1. The second-order valence-electron chi connectivity index (χ2n) is 5.71. The predicted octanol–water partition coefficient (Wildman–Crippen LogP) is 1.64. The summed E-state index contributed by atoms with van der Waals surface area (Å²) in [6.45, 7) is 2.03. The van der Waals surface area contributed by atoms with Crippen LogP contribution in [-0.2, 0) is 14.8 Å². The van der Waals surface area contributed by atoms with E-state index in [-0.39, 0.29) is 15.1 Å². The summed E-state index contributed by atoms with van der Waals surface area (Å²) in [6, 6.07) is 1.73. The van der Waals surface area contributed by atoms with Crippen molar-refractivity contribution in [3.63, 3.8) is 0 Å². The van der Waals surface area contributed by atoms with Crippen molar-refractivity contribution in [2.45, 2.75) is 23.8 Å². The summed E-state index contributed by atoms with van der Waals surface area (Å²) in [5.41, 5.74) is 0. The van der Waals surface area contributed by atoms with E-state index in [1.54, 1.807) is 0 Å². The van der Waals surface area contributed by atoms with Crippen LogP contribution >= 0.6 is 34.5 Å². The fourth-order valence-corrected chi connectivity index (χ4v) is 6.01. The van der Waals surface area contributed by atoms with Crippen molar-refractivity contribution in [1.29, 1.82) is 0 Å². The Hall–Kier alpha value is -0.380. The Morgan fingerprint density at radius 1 is 1.26 bits per heavy atom. The molecule has 0 radical (unpaired) electrons. The van der Waals surface area contributed by atoms with Crippen LogP contribution in [0.4, 0.5) is 0 Å². The Balaban J connectivity index is 1.57. The molecule has 3 rings (SSSR count). The molecule has 1 saturated heterocycles. The molecule has 2 heterocycles. The fraction of sp³-hybridized carbons (Fsp3) is 0.615. The molecular formula is C13H17Cl2N3O3S2. The van der Waals surface area contributed by atoms with Crippen LogP contribution in [0.1, 0.15) is 12.8 Å². The summed E-state index contributed by atoms with van der Waals surface area (Å²) in [4.78, 5) is 13.8. The minimum absolute atomic E-state index is 0.0106. The number of hydrogen-bond acceptors (Lipinski definition) is 5. The van der Waals surface area contributed by atoms with Gasteiger partial charge in [-0.2, -0.15) is 4.31 Å². The molecule has 6 nitrogen and oxygen atoms in total. The fourth-order valence-electron chi connectivity index (χ4n) is 2.47. The van der Waals surface area contributed by atoms with Gasteiger partial charge in [-0.15, -0.1) is 11.3 Å². The highest BCUT2D eigenvalue weighted by atomic mass is 35.5. The lowest BCUT2D eigenvalue weighted by Gasteiger charge is -2.33. The van der Waals surface area contributed by atoms with E-state index in [9.17, 15) is 13.2 Å². The summed E-state index contributed by atoms with van der Waals surface area (Å²) in [7, 11) is -3.63. The summed E-state index contributed by atoms with van der Waals surface area (Å²) in [6.07, 6.45) is 2.11. The van der Waals surface area contributed by atoms with Crippen molar-refractivity contribution in [1.82, 2.24) is 14.5 Å². The van der Waals surface area contributed by atoms with Crippen LogP contribution < -0.4 is 5.32 Å². The van der Waals surface area contributed by atoms with Gasteiger partial charge in [0.2, 0.25) is 15.9 Å². The molecule has 0 spiro atoms. The Labute approximate surface area is 149 Å². The zero-order chi connectivity index (χ0) is 16.6. The van der Waals surface area contributed by atoms with E-state index in [0.717, 1.165) is 24.2 Å². The summed E-state index contributed by atoms with van der Waals surface area (Å²) in [5.74, 6) is 0.0106. The average molecular weight is 398 g/mol. The molecule has 1 aromatic rings. The van der Waals surface area contributed by atoms with Gasteiger partial charge >= 0.3 is 0 Å². The third-order valence-corrected chi connectivity index (χ3v) is 7.54. The smallest absolute Gasteiger partial charge is 0.245 e. The molecule has 0 bridgehead atoms. The molecule has 1 aliphatic carbocycles. The number of amides is 1. The van der Waals surface area contributed by atoms with Crippen molar-refractivity contribution in [2.24, 2.45) is 0 Å². The van der Waals surface area contributed by atoms with Gasteiger partial charge < -0.3 is 5.32 Å². The molecule has 1 aliphatic heterocycles.